The van der Waals surface area contributed by atoms with Crippen molar-refractivity contribution < 1.29 is 9.53 Å². The van der Waals surface area contributed by atoms with Gasteiger partial charge in [0.1, 0.15) is 0 Å². The number of hydrogen-bond acceptors (Lipinski definition) is 3. The third-order valence-electron chi connectivity index (χ3n) is 3.16. The Labute approximate surface area is 102 Å². The Bertz CT molecular complexity index is 428. The summed E-state index contributed by atoms with van der Waals surface area (Å²) in [4.78, 5) is 13.9. The maximum Gasteiger partial charge on any atom is 0.338 e. The zero-order chi connectivity index (χ0) is 12.4. The minimum Gasteiger partial charge on any atom is -0.462 e. The van der Waals surface area contributed by atoms with Gasteiger partial charge in [0.2, 0.25) is 0 Å². The highest BCUT2D eigenvalue weighted by Crippen LogP contribution is 2.29. The van der Waals surface area contributed by atoms with E-state index in [0.29, 0.717) is 18.1 Å². The highest BCUT2D eigenvalue weighted by Gasteiger charge is 2.20. The molecule has 0 spiro atoms. The number of carbonyl (C=O) groups excluding carboxylic acids is 1. The van der Waals surface area contributed by atoms with Crippen LogP contribution in [0.15, 0.2) is 18.2 Å². The molecule has 0 amide bonds. The van der Waals surface area contributed by atoms with Crippen molar-refractivity contribution in [2.75, 3.05) is 25.1 Å². The van der Waals surface area contributed by atoms with E-state index < -0.39 is 0 Å². The molecule has 0 radical (unpaired) electrons. The van der Waals surface area contributed by atoms with Crippen LogP contribution in [0.3, 0.4) is 0 Å². The van der Waals surface area contributed by atoms with Gasteiger partial charge in [-0.05, 0) is 43.0 Å². The molecule has 1 aliphatic heterocycles. The normalized spacial score (nSPS) is 18.8. The average Bonchev–Trinajstić information content (AvgIpc) is 2.28. The van der Waals surface area contributed by atoms with E-state index in [1.165, 1.54) is 11.3 Å². The molecule has 0 bridgehead atoms. The average molecular weight is 233 g/mol. The maximum absolute atomic E-state index is 11.7. The number of rotatable bonds is 2. The van der Waals surface area contributed by atoms with Crippen molar-refractivity contribution in [1.82, 2.24) is 0 Å². The third-order valence-corrected chi connectivity index (χ3v) is 3.16. The molecule has 3 nitrogen and oxygen atoms in total. The molecule has 0 saturated heterocycles. The van der Waals surface area contributed by atoms with E-state index in [0.717, 1.165) is 13.0 Å². The lowest BCUT2D eigenvalue weighted by atomic mass is 9.93. The lowest BCUT2D eigenvalue weighted by Crippen LogP contribution is -2.30. The van der Waals surface area contributed by atoms with Crippen molar-refractivity contribution >= 4 is 11.7 Å². The van der Waals surface area contributed by atoms with E-state index in [9.17, 15) is 4.79 Å². The largest absolute Gasteiger partial charge is 0.462 e. The zero-order valence-electron chi connectivity index (χ0n) is 10.7. The lowest BCUT2D eigenvalue weighted by molar-refractivity contribution is 0.0526. The molecular weight excluding hydrogens is 214 g/mol. The topological polar surface area (TPSA) is 29.5 Å². The summed E-state index contributed by atoms with van der Waals surface area (Å²) in [5, 5.41) is 0. The predicted octanol–water partition coefficient (Wildman–Crippen LogP) is 2.49. The monoisotopic (exact) mass is 233 g/mol. The van der Waals surface area contributed by atoms with Crippen LogP contribution in [0.2, 0.25) is 0 Å². The molecule has 0 saturated carbocycles. The van der Waals surface area contributed by atoms with Gasteiger partial charge in [0.15, 0.2) is 0 Å². The minimum absolute atomic E-state index is 0.226. The first-order valence-electron chi connectivity index (χ1n) is 6.13. The van der Waals surface area contributed by atoms with Crippen molar-refractivity contribution in [2.24, 2.45) is 5.92 Å². The van der Waals surface area contributed by atoms with Crippen molar-refractivity contribution in [1.29, 1.82) is 0 Å². The number of ether oxygens (including phenoxy) is 1. The Hall–Kier alpha value is -1.51. The second kappa shape index (κ2) is 4.78. The van der Waals surface area contributed by atoms with Gasteiger partial charge in [-0.3, -0.25) is 0 Å². The van der Waals surface area contributed by atoms with Gasteiger partial charge in [0, 0.05) is 19.3 Å². The number of nitrogens with zero attached hydrogens (tertiary/aromatic N) is 1. The van der Waals surface area contributed by atoms with Crippen molar-refractivity contribution in [3.8, 4) is 0 Å². The van der Waals surface area contributed by atoms with Crippen molar-refractivity contribution in [3.63, 3.8) is 0 Å². The molecule has 0 aromatic heterocycles. The molecule has 0 aliphatic carbocycles. The van der Waals surface area contributed by atoms with Crippen LogP contribution in [-0.2, 0) is 11.2 Å². The van der Waals surface area contributed by atoms with E-state index in [1.54, 1.807) is 0 Å². The quantitative estimate of drug-likeness (QED) is 0.735. The molecule has 0 fully saturated rings. The Morgan fingerprint density at radius 2 is 2.29 bits per heavy atom. The summed E-state index contributed by atoms with van der Waals surface area (Å²) in [5.74, 6) is 0.404. The Morgan fingerprint density at radius 1 is 1.53 bits per heavy atom. The number of benzene rings is 1. The van der Waals surface area contributed by atoms with Crippen LogP contribution in [0.4, 0.5) is 5.69 Å². The van der Waals surface area contributed by atoms with Crippen LogP contribution >= 0.6 is 0 Å². The summed E-state index contributed by atoms with van der Waals surface area (Å²) < 4.78 is 5.02. The van der Waals surface area contributed by atoms with E-state index in [-0.39, 0.29) is 5.97 Å². The number of carbonyl (C=O) groups is 1. The molecule has 0 N–H and O–H groups in total. The molecule has 1 aromatic carbocycles. The molecule has 2 rings (SSSR count). The molecule has 1 aromatic rings. The van der Waals surface area contributed by atoms with Gasteiger partial charge < -0.3 is 9.64 Å². The van der Waals surface area contributed by atoms with Gasteiger partial charge in [-0.2, -0.15) is 0 Å². The van der Waals surface area contributed by atoms with Gasteiger partial charge >= 0.3 is 5.97 Å². The number of anilines is 1. The van der Waals surface area contributed by atoms with Crippen molar-refractivity contribution in [3.05, 3.63) is 29.3 Å². The summed E-state index contributed by atoms with van der Waals surface area (Å²) in [6.07, 6.45) is 1.03. The van der Waals surface area contributed by atoms with E-state index in [4.69, 9.17) is 4.74 Å². The Kier molecular flexibility index (Phi) is 3.36. The summed E-state index contributed by atoms with van der Waals surface area (Å²) in [6.45, 7) is 5.56. The molecule has 1 atom stereocenters. The zero-order valence-corrected chi connectivity index (χ0v) is 10.7. The van der Waals surface area contributed by atoms with Crippen LogP contribution in [-0.4, -0.2) is 26.2 Å². The molecule has 0 unspecified atom stereocenters. The lowest BCUT2D eigenvalue weighted by Gasteiger charge is -2.31. The molecule has 92 valence electrons. The second-order valence-corrected chi connectivity index (χ2v) is 4.75. The second-order valence-electron chi connectivity index (χ2n) is 4.75. The third kappa shape index (κ3) is 2.43. The van der Waals surface area contributed by atoms with E-state index in [2.05, 4.69) is 18.9 Å². The highest BCUT2D eigenvalue weighted by molar-refractivity contribution is 5.90. The Balaban J connectivity index is 2.30. The predicted molar refractivity (Wildman–Crippen MR) is 68.5 cm³/mol. The molecular formula is C14H19NO2. The standard InChI is InChI=1S/C14H19NO2/c1-4-17-14(16)11-5-6-13-12(8-11)7-10(2)9-15(13)3/h5-6,8,10H,4,7,9H2,1-3H3/t10-/m1/s1. The van der Waals surface area contributed by atoms with Gasteiger partial charge in [-0.15, -0.1) is 0 Å². The van der Waals surface area contributed by atoms with Gasteiger partial charge in [-0.25, -0.2) is 4.79 Å². The summed E-state index contributed by atoms with van der Waals surface area (Å²) in [7, 11) is 2.10. The number of hydrogen-bond donors (Lipinski definition) is 0. The van der Waals surface area contributed by atoms with Gasteiger partial charge in [0.25, 0.3) is 0 Å². The first kappa shape index (κ1) is 12.0. The molecule has 3 heteroatoms. The maximum atomic E-state index is 11.7. The van der Waals surface area contributed by atoms with Crippen LogP contribution < -0.4 is 4.90 Å². The summed E-state index contributed by atoms with van der Waals surface area (Å²) in [5.41, 5.74) is 3.14. The van der Waals surface area contributed by atoms with Crippen LogP contribution in [0.5, 0.6) is 0 Å². The first-order valence-corrected chi connectivity index (χ1v) is 6.13. The van der Waals surface area contributed by atoms with Gasteiger partial charge in [-0.1, -0.05) is 6.92 Å². The summed E-state index contributed by atoms with van der Waals surface area (Å²) in [6, 6.07) is 5.84. The Morgan fingerprint density at radius 3 is 3.00 bits per heavy atom. The van der Waals surface area contributed by atoms with E-state index >= 15 is 0 Å². The van der Waals surface area contributed by atoms with Gasteiger partial charge in [0.05, 0.1) is 12.2 Å². The van der Waals surface area contributed by atoms with E-state index in [1.807, 2.05) is 25.1 Å². The van der Waals surface area contributed by atoms with Crippen LogP contribution in [0.25, 0.3) is 0 Å². The SMILES string of the molecule is CCOC(=O)c1ccc2c(c1)C[C@@H](C)CN2C. The summed E-state index contributed by atoms with van der Waals surface area (Å²) >= 11 is 0. The number of fused-ring (bicyclic) bond motifs is 1. The highest BCUT2D eigenvalue weighted by atomic mass is 16.5. The first-order chi connectivity index (χ1) is 8.11. The fourth-order valence-corrected chi connectivity index (χ4v) is 2.47. The smallest absolute Gasteiger partial charge is 0.338 e. The minimum atomic E-state index is -0.226. The van der Waals surface area contributed by atoms with Crippen molar-refractivity contribution in [2.45, 2.75) is 20.3 Å². The molecule has 17 heavy (non-hydrogen) atoms. The molecule has 1 heterocycles. The van der Waals surface area contributed by atoms with Crippen LogP contribution in [0, 0.1) is 5.92 Å². The fourth-order valence-electron chi connectivity index (χ4n) is 2.47. The molecule has 1 aliphatic rings. The number of esters is 1. The van der Waals surface area contributed by atoms with Crippen LogP contribution in [0.1, 0.15) is 29.8 Å². The fraction of sp³-hybridized carbons (Fsp3) is 0.500.